The Labute approximate surface area is 60.6 Å². The number of fused-ring (bicyclic) bond motifs is 1. The number of hydrogen-bond acceptors (Lipinski definition) is 2. The third-order valence-electron chi connectivity index (χ3n) is 2.34. The fourth-order valence-electron chi connectivity index (χ4n) is 1.62. The van der Waals surface area contributed by atoms with Crippen molar-refractivity contribution in [1.29, 1.82) is 0 Å². The van der Waals surface area contributed by atoms with Crippen molar-refractivity contribution in [3.8, 4) is 0 Å². The highest BCUT2D eigenvalue weighted by Crippen LogP contribution is 2.32. The number of carbonyl (C=O) groups is 1. The Bertz CT molecular complexity index is 153. The van der Waals surface area contributed by atoms with E-state index in [1.54, 1.807) is 0 Å². The van der Waals surface area contributed by atoms with Gasteiger partial charge in [-0.3, -0.25) is 4.79 Å². The summed E-state index contributed by atoms with van der Waals surface area (Å²) in [4.78, 5) is 10.9. The van der Waals surface area contributed by atoms with Crippen molar-refractivity contribution in [2.24, 2.45) is 0 Å². The third-order valence-corrected chi connectivity index (χ3v) is 2.34. The molecule has 0 aromatic rings. The molecule has 1 aliphatic heterocycles. The van der Waals surface area contributed by atoms with Gasteiger partial charge in [0.2, 0.25) is 0 Å². The summed E-state index contributed by atoms with van der Waals surface area (Å²) in [6.45, 7) is 0. The van der Waals surface area contributed by atoms with Crippen LogP contribution in [-0.4, -0.2) is 18.0 Å². The lowest BCUT2D eigenvalue weighted by atomic mass is 10.0. The van der Waals surface area contributed by atoms with Crippen LogP contribution in [0.3, 0.4) is 0 Å². The normalized spacial score (nSPS) is 39.8. The fourth-order valence-corrected chi connectivity index (χ4v) is 1.62. The summed E-state index contributed by atoms with van der Waals surface area (Å²) in [5.74, 6) is 0.425. The maximum absolute atomic E-state index is 10.9. The van der Waals surface area contributed by atoms with Gasteiger partial charge >= 0.3 is 0 Å². The molecule has 56 valence electrons. The number of epoxide rings is 1. The first-order valence-corrected chi connectivity index (χ1v) is 4.03. The van der Waals surface area contributed by atoms with Crippen molar-refractivity contribution in [2.45, 2.75) is 44.3 Å². The van der Waals surface area contributed by atoms with Crippen molar-refractivity contribution in [2.75, 3.05) is 0 Å². The summed E-state index contributed by atoms with van der Waals surface area (Å²) >= 11 is 0. The molecule has 2 nitrogen and oxygen atoms in total. The number of ketones is 1. The van der Waals surface area contributed by atoms with Gasteiger partial charge in [-0.05, 0) is 19.3 Å². The Balaban J connectivity index is 1.88. The van der Waals surface area contributed by atoms with E-state index in [-0.39, 0.29) is 0 Å². The van der Waals surface area contributed by atoms with Gasteiger partial charge in [0.1, 0.15) is 5.78 Å². The summed E-state index contributed by atoms with van der Waals surface area (Å²) in [5, 5.41) is 0. The first kappa shape index (κ1) is 6.35. The van der Waals surface area contributed by atoms with Crippen LogP contribution in [-0.2, 0) is 9.53 Å². The zero-order chi connectivity index (χ0) is 6.97. The standard InChI is InChI=1S/C8H12O2/c9-6-2-1-3-7-8(10-7)5-4-6/h7-8H,1-5H2. The highest BCUT2D eigenvalue weighted by Gasteiger charge is 2.38. The second-order valence-corrected chi connectivity index (χ2v) is 3.18. The number of Topliss-reactive ketones (excluding diaryl/α,β-unsaturated/α-hetero) is 1. The van der Waals surface area contributed by atoms with Gasteiger partial charge in [0.05, 0.1) is 12.2 Å². The molecule has 0 amide bonds. The Hall–Kier alpha value is -0.370. The molecule has 0 N–H and O–H groups in total. The van der Waals surface area contributed by atoms with Crippen molar-refractivity contribution >= 4 is 5.78 Å². The van der Waals surface area contributed by atoms with Gasteiger partial charge in [-0.15, -0.1) is 0 Å². The molecule has 1 heterocycles. The highest BCUT2D eigenvalue weighted by atomic mass is 16.6. The highest BCUT2D eigenvalue weighted by molar-refractivity contribution is 5.78. The average molecular weight is 140 g/mol. The second kappa shape index (κ2) is 2.35. The summed E-state index contributed by atoms with van der Waals surface area (Å²) in [6, 6.07) is 0. The SMILES string of the molecule is O=C1CCCC2OC2CC1. The molecule has 2 aliphatic rings. The molecule has 0 aromatic carbocycles. The molecule has 0 aromatic heterocycles. The van der Waals surface area contributed by atoms with Gasteiger partial charge in [0.15, 0.2) is 0 Å². The molecule has 1 saturated carbocycles. The number of carbonyl (C=O) groups excluding carboxylic acids is 1. The topological polar surface area (TPSA) is 29.6 Å². The summed E-state index contributed by atoms with van der Waals surface area (Å²) < 4.78 is 5.33. The molecule has 1 aliphatic carbocycles. The molecular formula is C8H12O2. The number of rotatable bonds is 0. The van der Waals surface area contributed by atoms with Crippen molar-refractivity contribution in [3.63, 3.8) is 0 Å². The van der Waals surface area contributed by atoms with Crippen LogP contribution in [0.25, 0.3) is 0 Å². The summed E-state index contributed by atoms with van der Waals surface area (Å²) in [7, 11) is 0. The maximum atomic E-state index is 10.9. The molecule has 2 fully saturated rings. The molecule has 0 spiro atoms. The van der Waals surface area contributed by atoms with Crippen molar-refractivity contribution in [1.82, 2.24) is 0 Å². The molecule has 2 unspecified atom stereocenters. The van der Waals surface area contributed by atoms with Gasteiger partial charge in [-0.1, -0.05) is 0 Å². The zero-order valence-corrected chi connectivity index (χ0v) is 6.01. The van der Waals surface area contributed by atoms with Gasteiger partial charge in [-0.25, -0.2) is 0 Å². The summed E-state index contributed by atoms with van der Waals surface area (Å²) in [5.41, 5.74) is 0. The van der Waals surface area contributed by atoms with E-state index in [0.29, 0.717) is 18.0 Å². The van der Waals surface area contributed by atoms with Gasteiger partial charge in [0.25, 0.3) is 0 Å². The van der Waals surface area contributed by atoms with E-state index < -0.39 is 0 Å². The fraction of sp³-hybridized carbons (Fsp3) is 0.875. The largest absolute Gasteiger partial charge is 0.370 e. The molecule has 2 atom stereocenters. The lowest BCUT2D eigenvalue weighted by molar-refractivity contribution is -0.119. The van der Waals surface area contributed by atoms with Crippen LogP contribution in [0.15, 0.2) is 0 Å². The lowest BCUT2D eigenvalue weighted by Crippen LogP contribution is -2.06. The third kappa shape index (κ3) is 1.21. The van der Waals surface area contributed by atoms with E-state index in [4.69, 9.17) is 4.74 Å². The molecule has 0 bridgehead atoms. The first-order chi connectivity index (χ1) is 4.86. The van der Waals surface area contributed by atoms with Crippen LogP contribution in [0.1, 0.15) is 32.1 Å². The van der Waals surface area contributed by atoms with Crippen LogP contribution >= 0.6 is 0 Å². The smallest absolute Gasteiger partial charge is 0.133 e. The maximum Gasteiger partial charge on any atom is 0.133 e. The van der Waals surface area contributed by atoms with E-state index in [0.717, 1.165) is 32.1 Å². The van der Waals surface area contributed by atoms with Crippen LogP contribution in [0, 0.1) is 0 Å². The number of ether oxygens (including phenoxy) is 1. The predicted molar refractivity (Wildman–Crippen MR) is 36.8 cm³/mol. The van der Waals surface area contributed by atoms with Gasteiger partial charge in [0, 0.05) is 12.8 Å². The van der Waals surface area contributed by atoms with E-state index >= 15 is 0 Å². The molecule has 0 radical (unpaired) electrons. The van der Waals surface area contributed by atoms with Crippen molar-refractivity contribution < 1.29 is 9.53 Å². The molecular weight excluding hydrogens is 128 g/mol. The van der Waals surface area contributed by atoms with E-state index in [9.17, 15) is 4.79 Å². The van der Waals surface area contributed by atoms with Crippen LogP contribution in [0.2, 0.25) is 0 Å². The van der Waals surface area contributed by atoms with Gasteiger partial charge in [-0.2, -0.15) is 0 Å². The molecule has 2 rings (SSSR count). The van der Waals surface area contributed by atoms with E-state index in [1.165, 1.54) is 0 Å². The van der Waals surface area contributed by atoms with E-state index in [1.807, 2.05) is 0 Å². The zero-order valence-electron chi connectivity index (χ0n) is 6.01. The Morgan fingerprint density at radius 2 is 2.00 bits per heavy atom. The van der Waals surface area contributed by atoms with Crippen LogP contribution in [0.5, 0.6) is 0 Å². The Kier molecular flexibility index (Phi) is 1.49. The molecule has 10 heavy (non-hydrogen) atoms. The minimum absolute atomic E-state index is 0.425. The van der Waals surface area contributed by atoms with Crippen LogP contribution in [0.4, 0.5) is 0 Å². The second-order valence-electron chi connectivity index (χ2n) is 3.18. The number of hydrogen-bond donors (Lipinski definition) is 0. The van der Waals surface area contributed by atoms with E-state index in [2.05, 4.69) is 0 Å². The first-order valence-electron chi connectivity index (χ1n) is 4.03. The average Bonchev–Trinajstić information content (AvgIpc) is 2.59. The van der Waals surface area contributed by atoms with Crippen molar-refractivity contribution in [3.05, 3.63) is 0 Å². The minimum atomic E-state index is 0.425. The Morgan fingerprint density at radius 1 is 1.20 bits per heavy atom. The minimum Gasteiger partial charge on any atom is -0.370 e. The van der Waals surface area contributed by atoms with Gasteiger partial charge < -0.3 is 4.74 Å². The van der Waals surface area contributed by atoms with Crippen LogP contribution < -0.4 is 0 Å². The Morgan fingerprint density at radius 3 is 2.90 bits per heavy atom. The lowest BCUT2D eigenvalue weighted by Gasteiger charge is -2.01. The summed E-state index contributed by atoms with van der Waals surface area (Å²) in [6.07, 6.45) is 5.63. The monoisotopic (exact) mass is 140 g/mol. The predicted octanol–water partition coefficient (Wildman–Crippen LogP) is 1.29. The molecule has 2 heteroatoms. The quantitative estimate of drug-likeness (QED) is 0.474. The molecule has 1 saturated heterocycles.